The number of nitrogens with two attached hydrogens (primary N) is 1. The van der Waals surface area contributed by atoms with Crippen molar-refractivity contribution in [3.63, 3.8) is 0 Å². The summed E-state index contributed by atoms with van der Waals surface area (Å²) in [5.74, 6) is 0.805. The van der Waals surface area contributed by atoms with Crippen LogP contribution in [0.4, 0.5) is 0 Å². The van der Waals surface area contributed by atoms with Crippen molar-refractivity contribution in [2.75, 3.05) is 6.54 Å². The summed E-state index contributed by atoms with van der Waals surface area (Å²) in [5, 5.41) is 1.23. The van der Waals surface area contributed by atoms with Crippen LogP contribution < -0.4 is 5.73 Å². The molecular weight excluding hydrogens is 252 g/mol. The minimum absolute atomic E-state index is 0.0256. The molecule has 1 aromatic heterocycles. The van der Waals surface area contributed by atoms with E-state index >= 15 is 0 Å². The van der Waals surface area contributed by atoms with E-state index in [0.29, 0.717) is 12.0 Å². The fourth-order valence-corrected chi connectivity index (χ4v) is 4.01. The molecule has 0 fully saturated rings. The second-order valence-electron chi connectivity index (χ2n) is 7.26. The summed E-state index contributed by atoms with van der Waals surface area (Å²) in [6.07, 6.45) is 4.92. The van der Waals surface area contributed by atoms with E-state index in [2.05, 4.69) is 34.6 Å². The Kier molecular flexibility index (Phi) is 4.08. The highest BCUT2D eigenvalue weighted by atomic mass is 32.1. The Bertz CT molecular complexity index is 446. The Morgan fingerprint density at radius 1 is 1.32 bits per heavy atom. The number of aryl methyl sites for hydroxylation is 1. The van der Waals surface area contributed by atoms with Crippen LogP contribution in [0.2, 0.25) is 0 Å². The number of thiazole rings is 1. The highest BCUT2D eigenvalue weighted by molar-refractivity contribution is 7.11. The normalized spacial score (nSPS) is 20.4. The van der Waals surface area contributed by atoms with Gasteiger partial charge in [-0.05, 0) is 30.6 Å². The van der Waals surface area contributed by atoms with Gasteiger partial charge in [0.2, 0.25) is 0 Å². The number of hydrogen-bond acceptors (Lipinski definition) is 3. The molecule has 2 rings (SSSR count). The molecule has 108 valence electrons. The van der Waals surface area contributed by atoms with Crippen LogP contribution in [-0.2, 0) is 18.3 Å². The molecule has 2 N–H and O–H groups in total. The third kappa shape index (κ3) is 2.87. The van der Waals surface area contributed by atoms with Crippen LogP contribution in [0, 0.1) is 11.3 Å². The van der Waals surface area contributed by atoms with E-state index in [9.17, 15) is 0 Å². The zero-order chi connectivity index (χ0) is 14.3. The summed E-state index contributed by atoms with van der Waals surface area (Å²) in [6, 6.07) is 0. The summed E-state index contributed by atoms with van der Waals surface area (Å²) in [4.78, 5) is 6.40. The molecule has 0 amide bonds. The number of rotatable bonds is 4. The van der Waals surface area contributed by atoms with Crippen LogP contribution in [0.1, 0.15) is 63.0 Å². The monoisotopic (exact) mass is 280 g/mol. The Labute approximate surface area is 121 Å². The van der Waals surface area contributed by atoms with Crippen molar-refractivity contribution in [2.45, 2.75) is 65.7 Å². The molecule has 1 unspecified atom stereocenters. The van der Waals surface area contributed by atoms with Crippen LogP contribution in [0.3, 0.4) is 0 Å². The molecule has 1 aliphatic carbocycles. The highest BCUT2D eigenvalue weighted by Crippen LogP contribution is 2.42. The number of aromatic nitrogens is 1. The molecule has 0 bridgehead atoms. The quantitative estimate of drug-likeness (QED) is 0.908. The van der Waals surface area contributed by atoms with Crippen molar-refractivity contribution in [1.29, 1.82) is 0 Å². The lowest BCUT2D eigenvalue weighted by Gasteiger charge is -2.35. The van der Waals surface area contributed by atoms with Crippen LogP contribution in [-0.4, -0.2) is 11.5 Å². The first-order chi connectivity index (χ1) is 8.80. The molecule has 3 heteroatoms. The molecule has 0 radical (unpaired) electrons. The van der Waals surface area contributed by atoms with Crippen molar-refractivity contribution in [2.24, 2.45) is 17.1 Å². The second-order valence-corrected chi connectivity index (χ2v) is 8.34. The van der Waals surface area contributed by atoms with Gasteiger partial charge < -0.3 is 5.73 Å². The van der Waals surface area contributed by atoms with Gasteiger partial charge in [0.25, 0.3) is 0 Å². The topological polar surface area (TPSA) is 38.9 Å². The van der Waals surface area contributed by atoms with Crippen molar-refractivity contribution in [3.8, 4) is 0 Å². The molecule has 0 saturated carbocycles. The van der Waals surface area contributed by atoms with Gasteiger partial charge >= 0.3 is 0 Å². The fraction of sp³-hybridized carbons (Fsp3) is 0.812. The van der Waals surface area contributed by atoms with E-state index in [0.717, 1.165) is 12.3 Å². The molecule has 1 heterocycles. The van der Waals surface area contributed by atoms with E-state index in [-0.39, 0.29) is 5.41 Å². The molecule has 1 aromatic rings. The number of nitrogens with zero attached hydrogens (tertiary/aromatic N) is 1. The smallest absolute Gasteiger partial charge is 0.1000 e. The van der Waals surface area contributed by atoms with E-state index < -0.39 is 0 Å². The van der Waals surface area contributed by atoms with E-state index in [1.165, 1.54) is 34.8 Å². The van der Waals surface area contributed by atoms with E-state index in [1.54, 1.807) is 0 Å². The van der Waals surface area contributed by atoms with Gasteiger partial charge in [0.15, 0.2) is 0 Å². The summed E-state index contributed by atoms with van der Waals surface area (Å²) in [7, 11) is 0. The first kappa shape index (κ1) is 15.0. The zero-order valence-corrected chi connectivity index (χ0v) is 13.9. The number of fused-ring (bicyclic) bond motifs is 1. The Morgan fingerprint density at radius 2 is 2.00 bits per heavy atom. The third-order valence-electron chi connectivity index (χ3n) is 5.05. The maximum absolute atomic E-state index is 5.88. The lowest BCUT2D eigenvalue weighted by atomic mass is 9.70. The summed E-state index contributed by atoms with van der Waals surface area (Å²) in [5.41, 5.74) is 7.71. The molecule has 0 saturated heterocycles. The van der Waals surface area contributed by atoms with Gasteiger partial charge in [-0.25, -0.2) is 4.98 Å². The largest absolute Gasteiger partial charge is 0.330 e. The van der Waals surface area contributed by atoms with Gasteiger partial charge in [-0.3, -0.25) is 0 Å². The first-order valence-electron chi connectivity index (χ1n) is 7.49. The zero-order valence-electron chi connectivity index (χ0n) is 13.0. The number of hydrogen-bond donors (Lipinski definition) is 1. The Morgan fingerprint density at radius 3 is 2.58 bits per heavy atom. The third-order valence-corrected chi connectivity index (χ3v) is 6.53. The maximum Gasteiger partial charge on any atom is 0.1000 e. The van der Waals surface area contributed by atoms with Crippen molar-refractivity contribution in [3.05, 3.63) is 15.6 Å². The Balaban J connectivity index is 2.23. The SMILES string of the molecule is CCC(C)(C)C1CCc2nc(C(C)(C)CN)sc2C1. The molecule has 0 aliphatic heterocycles. The molecule has 0 spiro atoms. The highest BCUT2D eigenvalue weighted by Gasteiger charge is 2.34. The predicted molar refractivity (Wildman–Crippen MR) is 83.8 cm³/mol. The van der Waals surface area contributed by atoms with Crippen molar-refractivity contribution in [1.82, 2.24) is 4.98 Å². The molecule has 19 heavy (non-hydrogen) atoms. The molecule has 2 nitrogen and oxygen atoms in total. The summed E-state index contributed by atoms with van der Waals surface area (Å²) < 4.78 is 0. The second kappa shape index (κ2) is 5.17. The minimum Gasteiger partial charge on any atom is -0.330 e. The van der Waals surface area contributed by atoms with Gasteiger partial charge in [0, 0.05) is 16.8 Å². The lowest BCUT2D eigenvalue weighted by Crippen LogP contribution is -2.28. The van der Waals surface area contributed by atoms with Gasteiger partial charge in [-0.2, -0.15) is 0 Å². The molecule has 0 aromatic carbocycles. The average molecular weight is 280 g/mol. The van der Waals surface area contributed by atoms with Crippen molar-refractivity contribution >= 4 is 11.3 Å². The van der Waals surface area contributed by atoms with E-state index in [1.807, 2.05) is 11.3 Å². The summed E-state index contributed by atoms with van der Waals surface area (Å²) in [6.45, 7) is 12.2. The standard InChI is InChI=1S/C16H28N2S/c1-6-15(2,3)11-7-8-12-13(9-11)19-14(18-12)16(4,5)10-17/h11H,6-10,17H2,1-5H3. The van der Waals surface area contributed by atoms with Gasteiger partial charge in [-0.1, -0.05) is 41.0 Å². The van der Waals surface area contributed by atoms with Crippen LogP contribution in [0.15, 0.2) is 0 Å². The Hall–Kier alpha value is -0.410. The van der Waals surface area contributed by atoms with Crippen LogP contribution in [0.25, 0.3) is 0 Å². The lowest BCUT2D eigenvalue weighted by molar-refractivity contribution is 0.183. The maximum atomic E-state index is 5.88. The molecule has 1 atom stereocenters. The fourth-order valence-electron chi connectivity index (χ4n) is 2.71. The van der Waals surface area contributed by atoms with E-state index in [4.69, 9.17) is 10.7 Å². The van der Waals surface area contributed by atoms with Gasteiger partial charge in [0.1, 0.15) is 0 Å². The predicted octanol–water partition coefficient (Wildman–Crippen LogP) is 3.92. The molecule has 1 aliphatic rings. The molecular formula is C16H28N2S. The van der Waals surface area contributed by atoms with Gasteiger partial charge in [0.05, 0.1) is 10.7 Å². The van der Waals surface area contributed by atoms with Gasteiger partial charge in [-0.15, -0.1) is 11.3 Å². The van der Waals surface area contributed by atoms with Crippen molar-refractivity contribution < 1.29 is 0 Å². The van der Waals surface area contributed by atoms with Crippen LogP contribution in [0.5, 0.6) is 0 Å². The minimum atomic E-state index is 0.0256. The van der Waals surface area contributed by atoms with Crippen LogP contribution >= 0.6 is 11.3 Å². The average Bonchev–Trinajstić information content (AvgIpc) is 2.82. The summed E-state index contributed by atoms with van der Waals surface area (Å²) >= 11 is 1.91. The first-order valence-corrected chi connectivity index (χ1v) is 8.31.